The number of benzene rings is 3. The minimum Gasteiger partial charge on any atom is -0.493 e. The summed E-state index contributed by atoms with van der Waals surface area (Å²) in [5.74, 6) is 0.121. The van der Waals surface area contributed by atoms with Crippen molar-refractivity contribution in [3.63, 3.8) is 0 Å². The highest BCUT2D eigenvalue weighted by Gasteiger charge is 2.13. The Balaban J connectivity index is 1.39. The van der Waals surface area contributed by atoms with Crippen LogP contribution in [-0.4, -0.2) is 52.1 Å². The van der Waals surface area contributed by atoms with Crippen molar-refractivity contribution >= 4 is 45.1 Å². The summed E-state index contributed by atoms with van der Waals surface area (Å²) >= 11 is 3.53. The molecule has 1 aliphatic rings. The fourth-order valence-electron chi connectivity index (χ4n) is 3.51. The number of morpholine rings is 1. The van der Waals surface area contributed by atoms with Crippen molar-refractivity contribution < 1.29 is 23.4 Å². The maximum absolute atomic E-state index is 13.0. The third-order valence-corrected chi connectivity index (χ3v) is 6.04. The van der Waals surface area contributed by atoms with Crippen molar-refractivity contribution in [3.05, 3.63) is 76.5 Å². The number of carbonyl (C=O) groups excluding carboxylic acids is 1. The normalized spacial score (nSPS) is 13.6. The number of hydrogen-bond donors (Lipinski definition) is 1. The minimum absolute atomic E-state index is 0.233. The van der Waals surface area contributed by atoms with Gasteiger partial charge in [0.1, 0.15) is 5.82 Å². The summed E-state index contributed by atoms with van der Waals surface area (Å²) in [5, 5.41) is 2.65. The summed E-state index contributed by atoms with van der Waals surface area (Å²) in [5.41, 5.74) is 3.26. The second-order valence-corrected chi connectivity index (χ2v) is 8.60. The number of halogens is 2. The molecule has 1 fully saturated rings. The van der Waals surface area contributed by atoms with Crippen LogP contribution in [0.1, 0.15) is 5.56 Å². The largest absolute Gasteiger partial charge is 0.493 e. The second-order valence-electron chi connectivity index (χ2n) is 7.74. The van der Waals surface area contributed by atoms with Gasteiger partial charge in [0.25, 0.3) is 5.91 Å². The number of ether oxygens (including phenoxy) is 3. The molecule has 0 aromatic heterocycles. The van der Waals surface area contributed by atoms with Crippen molar-refractivity contribution in [1.82, 2.24) is 0 Å². The number of amides is 1. The number of nitrogens with zero attached hydrogens (tertiary/aromatic N) is 2. The number of rotatable bonds is 8. The maximum Gasteiger partial charge on any atom is 0.262 e. The van der Waals surface area contributed by atoms with Gasteiger partial charge in [0.05, 0.1) is 26.0 Å². The number of hydrogen-bond acceptors (Lipinski definition) is 6. The zero-order chi connectivity index (χ0) is 24.6. The van der Waals surface area contributed by atoms with E-state index in [1.807, 2.05) is 12.1 Å². The lowest BCUT2D eigenvalue weighted by atomic mass is 10.2. The smallest absolute Gasteiger partial charge is 0.262 e. The van der Waals surface area contributed by atoms with E-state index in [0.29, 0.717) is 17.2 Å². The zero-order valence-corrected chi connectivity index (χ0v) is 20.8. The monoisotopic (exact) mass is 541 g/mol. The van der Waals surface area contributed by atoms with E-state index in [4.69, 9.17) is 14.2 Å². The summed E-state index contributed by atoms with van der Waals surface area (Å²) in [4.78, 5) is 19.1. The molecule has 1 amide bonds. The molecule has 3 aromatic rings. The highest BCUT2D eigenvalue weighted by molar-refractivity contribution is 9.10. The predicted molar refractivity (Wildman–Crippen MR) is 138 cm³/mol. The second kappa shape index (κ2) is 11.8. The van der Waals surface area contributed by atoms with Crippen LogP contribution in [0.4, 0.5) is 21.5 Å². The molecule has 0 aliphatic carbocycles. The van der Waals surface area contributed by atoms with E-state index in [1.54, 1.807) is 18.3 Å². The molecule has 182 valence electrons. The van der Waals surface area contributed by atoms with Gasteiger partial charge in [-0.05, 0) is 76.6 Å². The van der Waals surface area contributed by atoms with Crippen LogP contribution >= 0.6 is 15.9 Å². The van der Waals surface area contributed by atoms with Gasteiger partial charge in [-0.1, -0.05) is 0 Å². The van der Waals surface area contributed by atoms with Crippen LogP contribution in [0.2, 0.25) is 0 Å². The summed E-state index contributed by atoms with van der Waals surface area (Å²) in [6.45, 7) is 3.03. The van der Waals surface area contributed by atoms with Crippen LogP contribution in [0.25, 0.3) is 0 Å². The van der Waals surface area contributed by atoms with Crippen LogP contribution in [-0.2, 0) is 9.53 Å². The molecule has 0 saturated carbocycles. The molecular formula is C26H25BrFN3O4. The standard InChI is InChI=1S/C26H25BrFN3O4/c1-33-24-14-18(16-29-20-6-8-22(9-7-20)31-10-12-34-13-11-31)23(27)15-25(24)35-17-26(32)30-21-4-2-19(28)3-5-21/h2-9,14-16H,10-13,17H2,1H3,(H,30,32). The molecule has 1 N–H and O–H groups in total. The molecule has 0 radical (unpaired) electrons. The molecule has 1 heterocycles. The van der Waals surface area contributed by atoms with Crippen LogP contribution in [0.3, 0.4) is 0 Å². The first-order chi connectivity index (χ1) is 17.0. The molecule has 0 atom stereocenters. The Morgan fingerprint density at radius 1 is 1.11 bits per heavy atom. The predicted octanol–water partition coefficient (Wildman–Crippen LogP) is 5.20. The maximum atomic E-state index is 13.0. The Hall–Kier alpha value is -3.43. The van der Waals surface area contributed by atoms with Crippen molar-refractivity contribution in [2.45, 2.75) is 0 Å². The number of nitrogens with one attached hydrogen (secondary N) is 1. The highest BCUT2D eigenvalue weighted by atomic mass is 79.9. The Morgan fingerprint density at radius 2 is 1.83 bits per heavy atom. The van der Waals surface area contributed by atoms with Gasteiger partial charge in [0.15, 0.2) is 18.1 Å². The minimum atomic E-state index is -0.374. The Morgan fingerprint density at radius 3 is 2.51 bits per heavy atom. The molecule has 7 nitrogen and oxygen atoms in total. The van der Waals surface area contributed by atoms with Gasteiger partial charge in [-0.3, -0.25) is 9.79 Å². The number of methoxy groups -OCH3 is 1. The van der Waals surface area contributed by atoms with Crippen LogP contribution in [0.15, 0.2) is 70.1 Å². The Bertz CT molecular complexity index is 1180. The molecule has 0 spiro atoms. The van der Waals surface area contributed by atoms with Crippen LogP contribution in [0.5, 0.6) is 11.5 Å². The first-order valence-corrected chi connectivity index (χ1v) is 11.8. The van der Waals surface area contributed by atoms with Crippen molar-refractivity contribution in [3.8, 4) is 11.5 Å². The van der Waals surface area contributed by atoms with Gasteiger partial charge in [0, 0.05) is 40.7 Å². The van der Waals surface area contributed by atoms with E-state index in [9.17, 15) is 9.18 Å². The SMILES string of the molecule is COc1cc(C=Nc2ccc(N3CCOCC3)cc2)c(Br)cc1OCC(=O)Nc1ccc(F)cc1. The topological polar surface area (TPSA) is 72.4 Å². The number of anilines is 2. The first kappa shape index (κ1) is 24.7. The fraction of sp³-hybridized carbons (Fsp3) is 0.231. The average Bonchev–Trinajstić information content (AvgIpc) is 2.89. The summed E-state index contributed by atoms with van der Waals surface area (Å²) in [6, 6.07) is 17.1. The van der Waals surface area contributed by atoms with Crippen molar-refractivity contribution in [2.24, 2.45) is 4.99 Å². The van der Waals surface area contributed by atoms with E-state index >= 15 is 0 Å². The molecule has 1 saturated heterocycles. The van der Waals surface area contributed by atoms with Gasteiger partial charge in [-0.25, -0.2) is 4.39 Å². The number of carbonyl (C=O) groups is 1. The molecule has 1 aliphatic heterocycles. The highest BCUT2D eigenvalue weighted by Crippen LogP contribution is 2.33. The van der Waals surface area contributed by atoms with E-state index in [-0.39, 0.29) is 18.3 Å². The third-order valence-electron chi connectivity index (χ3n) is 5.35. The lowest BCUT2D eigenvalue weighted by molar-refractivity contribution is -0.118. The fourth-order valence-corrected chi connectivity index (χ4v) is 3.94. The van der Waals surface area contributed by atoms with Crippen molar-refractivity contribution in [2.75, 3.05) is 50.2 Å². The molecule has 35 heavy (non-hydrogen) atoms. The molecule has 3 aromatic carbocycles. The number of aliphatic imine (C=N–C) groups is 1. The summed E-state index contributed by atoms with van der Waals surface area (Å²) < 4.78 is 30.3. The molecule has 0 unspecified atom stereocenters. The first-order valence-electron chi connectivity index (χ1n) is 11.0. The van der Waals surface area contributed by atoms with E-state index in [1.165, 1.54) is 31.4 Å². The molecule has 4 rings (SSSR count). The van der Waals surface area contributed by atoms with Gasteiger partial charge < -0.3 is 24.4 Å². The van der Waals surface area contributed by atoms with Gasteiger partial charge >= 0.3 is 0 Å². The van der Waals surface area contributed by atoms with Gasteiger partial charge in [-0.2, -0.15) is 0 Å². The van der Waals surface area contributed by atoms with Gasteiger partial charge in [0.2, 0.25) is 0 Å². The van der Waals surface area contributed by atoms with Crippen molar-refractivity contribution in [1.29, 1.82) is 0 Å². The molecular weight excluding hydrogens is 517 g/mol. The average molecular weight is 542 g/mol. The zero-order valence-electron chi connectivity index (χ0n) is 19.2. The molecule has 0 bridgehead atoms. The Kier molecular flexibility index (Phi) is 8.33. The van der Waals surface area contributed by atoms with Gasteiger partial charge in [-0.15, -0.1) is 0 Å². The lowest BCUT2D eigenvalue weighted by Crippen LogP contribution is -2.36. The third kappa shape index (κ3) is 6.80. The molecule has 9 heteroatoms. The van der Waals surface area contributed by atoms with Crippen LogP contribution in [0, 0.1) is 5.82 Å². The quantitative estimate of drug-likeness (QED) is 0.397. The summed E-state index contributed by atoms with van der Waals surface area (Å²) in [7, 11) is 1.53. The van der Waals surface area contributed by atoms with E-state index < -0.39 is 0 Å². The van der Waals surface area contributed by atoms with E-state index in [0.717, 1.165) is 47.7 Å². The van der Waals surface area contributed by atoms with E-state index in [2.05, 4.69) is 43.3 Å². The summed E-state index contributed by atoms with van der Waals surface area (Å²) in [6.07, 6.45) is 1.74. The Labute approximate surface area is 211 Å². The lowest BCUT2D eigenvalue weighted by Gasteiger charge is -2.28. The van der Waals surface area contributed by atoms with Crippen LogP contribution < -0.4 is 19.7 Å².